The Morgan fingerprint density at radius 1 is 1.23 bits per heavy atom. The highest BCUT2D eigenvalue weighted by atomic mass is 16.4. The summed E-state index contributed by atoms with van der Waals surface area (Å²) in [4.78, 5) is 38.2. The summed E-state index contributed by atoms with van der Waals surface area (Å²) in [7, 11) is 0. The van der Waals surface area contributed by atoms with Crippen LogP contribution in [0.2, 0.25) is 0 Å². The molecule has 1 aromatic rings. The monoisotopic (exact) mass is 360 g/mol. The number of piperidine rings is 1. The molecule has 2 rings (SSSR count). The summed E-state index contributed by atoms with van der Waals surface area (Å²) in [6, 6.07) is 4.44. The number of rotatable bonds is 6. The van der Waals surface area contributed by atoms with Crippen molar-refractivity contribution in [3.05, 3.63) is 34.9 Å². The molecule has 1 saturated heterocycles. The molecule has 142 valence electrons. The minimum Gasteiger partial charge on any atom is -0.479 e. The fraction of sp³-hybridized carbons (Fsp3) is 0.550. The maximum absolute atomic E-state index is 12.7. The quantitative estimate of drug-likeness (QED) is 0.816. The Balaban J connectivity index is 2.10. The van der Waals surface area contributed by atoms with Crippen molar-refractivity contribution in [2.24, 2.45) is 5.92 Å². The first-order chi connectivity index (χ1) is 12.3. The van der Waals surface area contributed by atoms with E-state index in [-0.39, 0.29) is 17.7 Å². The first-order valence-electron chi connectivity index (χ1n) is 9.21. The fourth-order valence-corrected chi connectivity index (χ4v) is 3.51. The molecule has 26 heavy (non-hydrogen) atoms. The van der Waals surface area contributed by atoms with Crippen molar-refractivity contribution in [2.75, 3.05) is 13.1 Å². The number of aliphatic carboxylic acids is 1. The van der Waals surface area contributed by atoms with E-state index in [9.17, 15) is 19.5 Å². The van der Waals surface area contributed by atoms with E-state index in [0.717, 1.165) is 24.0 Å². The predicted molar refractivity (Wildman–Crippen MR) is 98.6 cm³/mol. The van der Waals surface area contributed by atoms with Gasteiger partial charge in [-0.2, -0.15) is 0 Å². The second-order valence-electron chi connectivity index (χ2n) is 7.13. The van der Waals surface area contributed by atoms with Crippen LogP contribution in [0.4, 0.5) is 0 Å². The van der Waals surface area contributed by atoms with E-state index < -0.39 is 12.0 Å². The molecule has 0 aromatic heterocycles. The molecule has 2 N–H and O–H groups in total. The number of hydrogen-bond donors (Lipinski definition) is 2. The van der Waals surface area contributed by atoms with Gasteiger partial charge in [0, 0.05) is 19.5 Å². The number of amides is 2. The highest BCUT2D eigenvalue weighted by Crippen LogP contribution is 2.21. The Labute approximate surface area is 154 Å². The molecular weight excluding hydrogens is 332 g/mol. The lowest BCUT2D eigenvalue weighted by molar-refractivity contribution is -0.144. The van der Waals surface area contributed by atoms with Crippen molar-refractivity contribution in [1.29, 1.82) is 0 Å². The van der Waals surface area contributed by atoms with Crippen molar-refractivity contribution >= 4 is 17.8 Å². The van der Waals surface area contributed by atoms with Crippen LogP contribution < -0.4 is 5.32 Å². The van der Waals surface area contributed by atoms with Crippen molar-refractivity contribution in [3.63, 3.8) is 0 Å². The lowest BCUT2D eigenvalue weighted by atomic mass is 9.95. The van der Waals surface area contributed by atoms with Crippen LogP contribution in [-0.4, -0.2) is 40.9 Å². The summed E-state index contributed by atoms with van der Waals surface area (Å²) in [5, 5.41) is 12.3. The van der Waals surface area contributed by atoms with Gasteiger partial charge in [0.05, 0.1) is 5.92 Å². The van der Waals surface area contributed by atoms with Gasteiger partial charge in [0.1, 0.15) is 0 Å². The number of nitrogens with zero attached hydrogens (tertiary/aromatic N) is 1. The lowest BCUT2D eigenvalue weighted by Crippen LogP contribution is -2.47. The van der Waals surface area contributed by atoms with Crippen LogP contribution in [0.5, 0.6) is 0 Å². The zero-order valence-corrected chi connectivity index (χ0v) is 15.7. The number of aryl methyl sites for hydroxylation is 2. The number of carboxylic acid groups (broad SMARTS) is 1. The Morgan fingerprint density at radius 2 is 1.88 bits per heavy atom. The number of hydrogen-bond acceptors (Lipinski definition) is 3. The third-order valence-corrected chi connectivity index (χ3v) is 4.72. The topological polar surface area (TPSA) is 86.7 Å². The second-order valence-corrected chi connectivity index (χ2v) is 7.13. The highest BCUT2D eigenvalue weighted by Gasteiger charge is 2.31. The molecule has 6 nitrogen and oxygen atoms in total. The van der Waals surface area contributed by atoms with E-state index in [1.165, 1.54) is 0 Å². The molecule has 0 spiro atoms. The van der Waals surface area contributed by atoms with Crippen molar-refractivity contribution < 1.29 is 19.5 Å². The third-order valence-electron chi connectivity index (χ3n) is 4.72. The lowest BCUT2D eigenvalue weighted by Gasteiger charge is -2.32. The summed E-state index contributed by atoms with van der Waals surface area (Å²) in [5.41, 5.74) is 2.47. The summed E-state index contributed by atoms with van der Waals surface area (Å²) < 4.78 is 0. The van der Waals surface area contributed by atoms with Crippen LogP contribution in [0, 0.1) is 19.8 Å². The molecular formula is C20H28N2O4. The van der Waals surface area contributed by atoms with Gasteiger partial charge in [-0.3, -0.25) is 9.59 Å². The van der Waals surface area contributed by atoms with Gasteiger partial charge in [0.2, 0.25) is 11.8 Å². The number of nitrogens with one attached hydrogen (secondary N) is 1. The molecule has 6 heteroatoms. The molecule has 1 aliphatic heterocycles. The fourth-order valence-electron chi connectivity index (χ4n) is 3.51. The van der Waals surface area contributed by atoms with E-state index in [4.69, 9.17) is 0 Å². The van der Waals surface area contributed by atoms with E-state index in [1.807, 2.05) is 26.8 Å². The first kappa shape index (κ1) is 19.9. The van der Waals surface area contributed by atoms with Gasteiger partial charge in [0.15, 0.2) is 6.04 Å². The maximum atomic E-state index is 12.7. The summed E-state index contributed by atoms with van der Waals surface area (Å²) in [6.07, 6.45) is 2.68. The van der Waals surface area contributed by atoms with Gasteiger partial charge in [-0.05, 0) is 38.7 Å². The van der Waals surface area contributed by atoms with E-state index in [2.05, 4.69) is 5.32 Å². The van der Waals surface area contributed by atoms with E-state index >= 15 is 0 Å². The number of carboxylic acids is 1. The predicted octanol–water partition coefficient (Wildman–Crippen LogP) is 2.58. The molecule has 0 saturated carbocycles. The van der Waals surface area contributed by atoms with Crippen LogP contribution in [-0.2, 0) is 14.4 Å². The number of carbonyl (C=O) groups is 3. The van der Waals surface area contributed by atoms with Crippen molar-refractivity contribution in [1.82, 2.24) is 10.2 Å². The van der Waals surface area contributed by atoms with Gasteiger partial charge in [-0.15, -0.1) is 0 Å². The average Bonchev–Trinajstić information content (AvgIpc) is 2.58. The van der Waals surface area contributed by atoms with Gasteiger partial charge in [0.25, 0.3) is 0 Å². The average molecular weight is 360 g/mol. The van der Waals surface area contributed by atoms with Crippen LogP contribution in [0.15, 0.2) is 18.2 Å². The molecule has 1 fully saturated rings. The van der Waals surface area contributed by atoms with Crippen molar-refractivity contribution in [3.8, 4) is 0 Å². The smallest absolute Gasteiger partial charge is 0.330 e. The standard InChI is InChI=1S/C20H28N2O4/c1-4-6-17(23)22-8-5-7-15(12-22)19(24)21-18(20(25)26)16-10-13(2)9-14(3)11-16/h9-11,15,18H,4-8,12H2,1-3H3,(H,21,24)(H,25,26). The minimum absolute atomic E-state index is 0.0640. The Kier molecular flexibility index (Phi) is 6.77. The van der Waals surface area contributed by atoms with Crippen molar-refractivity contribution in [2.45, 2.75) is 52.5 Å². The zero-order valence-electron chi connectivity index (χ0n) is 15.7. The van der Waals surface area contributed by atoms with Gasteiger partial charge < -0.3 is 15.3 Å². The molecule has 2 atom stereocenters. The summed E-state index contributed by atoms with van der Waals surface area (Å²) >= 11 is 0. The molecule has 0 bridgehead atoms. The summed E-state index contributed by atoms with van der Waals surface area (Å²) in [6.45, 7) is 6.78. The molecule has 2 unspecified atom stereocenters. The third kappa shape index (κ3) is 5.07. The zero-order chi connectivity index (χ0) is 19.3. The normalized spacial score (nSPS) is 18.3. The maximum Gasteiger partial charge on any atom is 0.330 e. The number of carbonyl (C=O) groups excluding carboxylic acids is 2. The number of likely N-dealkylation sites (tertiary alicyclic amines) is 1. The largest absolute Gasteiger partial charge is 0.479 e. The van der Waals surface area contributed by atoms with E-state index in [0.29, 0.717) is 31.5 Å². The molecule has 1 aromatic carbocycles. The minimum atomic E-state index is -1.09. The van der Waals surface area contributed by atoms with Gasteiger partial charge in [-0.25, -0.2) is 4.79 Å². The highest BCUT2D eigenvalue weighted by molar-refractivity contribution is 5.86. The Morgan fingerprint density at radius 3 is 2.46 bits per heavy atom. The number of benzene rings is 1. The van der Waals surface area contributed by atoms with Crippen LogP contribution in [0.25, 0.3) is 0 Å². The van der Waals surface area contributed by atoms with Crippen LogP contribution >= 0.6 is 0 Å². The van der Waals surface area contributed by atoms with E-state index in [1.54, 1.807) is 17.0 Å². The molecule has 0 radical (unpaired) electrons. The van der Waals surface area contributed by atoms with Crippen LogP contribution in [0.3, 0.4) is 0 Å². The Bertz CT molecular complexity index is 666. The van der Waals surface area contributed by atoms with Crippen LogP contribution in [0.1, 0.15) is 55.3 Å². The Hall–Kier alpha value is -2.37. The summed E-state index contributed by atoms with van der Waals surface area (Å²) in [5.74, 6) is -1.69. The molecule has 1 aliphatic rings. The molecule has 0 aliphatic carbocycles. The molecule has 2 amide bonds. The second kappa shape index (κ2) is 8.83. The first-order valence-corrected chi connectivity index (χ1v) is 9.21. The SMILES string of the molecule is CCCC(=O)N1CCCC(C(=O)NC(C(=O)O)c2cc(C)cc(C)c2)C1. The molecule has 1 heterocycles. The van der Waals surface area contributed by atoms with Gasteiger partial charge >= 0.3 is 5.97 Å². The van der Waals surface area contributed by atoms with Gasteiger partial charge in [-0.1, -0.05) is 36.2 Å².